The largest absolute Gasteiger partial charge is 0.508 e. The zero-order chi connectivity index (χ0) is 32.2. The maximum atomic E-state index is 12.6. The number of benzene rings is 3. The first-order chi connectivity index (χ1) is 21.5. The van der Waals surface area contributed by atoms with E-state index in [-0.39, 0.29) is 61.9 Å². The summed E-state index contributed by atoms with van der Waals surface area (Å²) in [5.41, 5.74) is 16.6. The first-order valence-corrected chi connectivity index (χ1v) is 14.1. The number of aromatic nitrogens is 1. The molecule has 13 heteroatoms. The van der Waals surface area contributed by atoms with E-state index in [9.17, 15) is 24.3 Å². The number of H-pyrrole nitrogens is 1. The highest BCUT2D eigenvalue weighted by atomic mass is 16.7. The number of aromatic amines is 1. The SMILES string of the molecule is N=C(N)c1ccc(-c2[nH]c3cc(C(=N)N)ccc3c2Cc2cc(NC(=O)CCCC(=O)ON3C(=O)CCC3=O)ccc2O)cc1. The van der Waals surface area contributed by atoms with Crippen LogP contribution in [0.4, 0.5) is 5.69 Å². The van der Waals surface area contributed by atoms with Crippen LogP contribution in [0, 0.1) is 10.8 Å². The minimum absolute atomic E-state index is 0.000225. The van der Waals surface area contributed by atoms with Crippen molar-refractivity contribution in [2.45, 2.75) is 38.5 Å². The molecule has 1 aliphatic heterocycles. The second-order valence-electron chi connectivity index (χ2n) is 10.6. The molecule has 0 saturated carbocycles. The maximum absolute atomic E-state index is 12.6. The van der Waals surface area contributed by atoms with Gasteiger partial charge in [0.15, 0.2) is 0 Å². The van der Waals surface area contributed by atoms with Crippen LogP contribution in [0.1, 0.15) is 54.4 Å². The van der Waals surface area contributed by atoms with Crippen molar-refractivity contribution in [2.24, 2.45) is 11.5 Å². The van der Waals surface area contributed by atoms with Gasteiger partial charge in [-0.1, -0.05) is 36.4 Å². The average Bonchev–Trinajstić information content (AvgIpc) is 3.53. The van der Waals surface area contributed by atoms with Gasteiger partial charge in [0.2, 0.25) is 5.91 Å². The molecule has 3 amide bonds. The van der Waals surface area contributed by atoms with Crippen molar-refractivity contribution in [3.63, 3.8) is 0 Å². The predicted octanol–water partition coefficient (Wildman–Crippen LogP) is 3.42. The van der Waals surface area contributed by atoms with Gasteiger partial charge in [-0.2, -0.15) is 0 Å². The van der Waals surface area contributed by atoms with E-state index in [4.69, 9.17) is 27.1 Å². The Morgan fingerprint density at radius 3 is 2.24 bits per heavy atom. The van der Waals surface area contributed by atoms with Crippen molar-refractivity contribution in [1.29, 1.82) is 10.8 Å². The molecule has 0 aliphatic carbocycles. The van der Waals surface area contributed by atoms with Gasteiger partial charge in [-0.25, -0.2) is 4.79 Å². The van der Waals surface area contributed by atoms with Crippen molar-refractivity contribution in [1.82, 2.24) is 10.0 Å². The number of nitrogens with two attached hydrogens (primary N) is 2. The Labute approximate surface area is 257 Å². The van der Waals surface area contributed by atoms with E-state index in [0.717, 1.165) is 27.7 Å². The molecule has 0 bridgehead atoms. The molecule has 0 radical (unpaired) electrons. The zero-order valence-electron chi connectivity index (χ0n) is 24.1. The molecular formula is C32H31N7O6. The molecule has 1 aliphatic rings. The third-order valence-electron chi connectivity index (χ3n) is 7.42. The van der Waals surface area contributed by atoms with Crippen LogP contribution in [0.25, 0.3) is 22.2 Å². The normalized spacial score (nSPS) is 12.8. The molecule has 1 aromatic heterocycles. The molecule has 45 heavy (non-hydrogen) atoms. The standard InChI is InChI=1S/C32H31N7O6/c33-31(34)18-6-4-17(5-7-18)30-23(22-10-8-19(32(35)36)16-24(22)38-30)15-20-14-21(9-11-25(20)40)37-26(41)2-1-3-29(44)45-39-27(42)12-13-28(39)43/h4-11,14,16,38,40H,1-3,12-13,15H2,(H3,33,34)(H3,35,36)(H,37,41). The van der Waals surface area contributed by atoms with E-state index in [1.165, 1.54) is 6.07 Å². The lowest BCUT2D eigenvalue weighted by Crippen LogP contribution is -2.32. The highest BCUT2D eigenvalue weighted by Gasteiger charge is 2.32. The van der Waals surface area contributed by atoms with Crippen molar-refractivity contribution in [3.8, 4) is 17.0 Å². The summed E-state index contributed by atoms with van der Waals surface area (Å²) in [7, 11) is 0. The number of nitrogens with one attached hydrogen (secondary N) is 4. The highest BCUT2D eigenvalue weighted by molar-refractivity contribution is 6.02. The van der Waals surface area contributed by atoms with Crippen molar-refractivity contribution in [3.05, 3.63) is 82.9 Å². The second kappa shape index (κ2) is 12.7. The Kier molecular flexibility index (Phi) is 8.61. The Hall–Kier alpha value is -5.98. The number of hydroxylamine groups is 2. The number of amidine groups is 2. The number of phenolic OH excluding ortho intramolecular Hbond substituents is 1. The van der Waals surface area contributed by atoms with Gasteiger partial charge in [-0.3, -0.25) is 25.2 Å². The van der Waals surface area contributed by atoms with Crippen LogP contribution in [0.2, 0.25) is 0 Å². The van der Waals surface area contributed by atoms with Crippen LogP contribution in [0.5, 0.6) is 5.75 Å². The van der Waals surface area contributed by atoms with Gasteiger partial charge in [0.25, 0.3) is 11.8 Å². The lowest BCUT2D eigenvalue weighted by molar-refractivity contribution is -0.197. The molecule has 230 valence electrons. The van der Waals surface area contributed by atoms with E-state index < -0.39 is 17.8 Å². The van der Waals surface area contributed by atoms with Crippen molar-refractivity contribution in [2.75, 3.05) is 5.32 Å². The molecule has 5 rings (SSSR count). The topological polar surface area (TPSA) is 229 Å². The van der Waals surface area contributed by atoms with Gasteiger partial charge in [-0.15, -0.1) is 5.06 Å². The molecule has 13 nitrogen and oxygen atoms in total. The van der Waals surface area contributed by atoms with Crippen LogP contribution in [0.3, 0.4) is 0 Å². The summed E-state index contributed by atoms with van der Waals surface area (Å²) in [6, 6.07) is 17.3. The monoisotopic (exact) mass is 609 g/mol. The van der Waals surface area contributed by atoms with Crippen LogP contribution >= 0.6 is 0 Å². The Morgan fingerprint density at radius 1 is 0.911 bits per heavy atom. The third kappa shape index (κ3) is 6.82. The minimum Gasteiger partial charge on any atom is -0.508 e. The second-order valence-corrected chi connectivity index (χ2v) is 10.6. The van der Waals surface area contributed by atoms with Crippen molar-refractivity contribution < 1.29 is 29.1 Å². The zero-order valence-corrected chi connectivity index (χ0v) is 24.1. The highest BCUT2D eigenvalue weighted by Crippen LogP contribution is 2.35. The number of imide groups is 1. The smallest absolute Gasteiger partial charge is 0.333 e. The van der Waals surface area contributed by atoms with Gasteiger partial charge >= 0.3 is 5.97 Å². The summed E-state index contributed by atoms with van der Waals surface area (Å²) in [4.78, 5) is 56.1. The fraction of sp³-hybridized carbons (Fsp3) is 0.188. The summed E-state index contributed by atoms with van der Waals surface area (Å²) in [5, 5.41) is 30.4. The molecule has 0 unspecified atom stereocenters. The van der Waals surface area contributed by atoms with Crippen LogP contribution in [-0.4, -0.2) is 50.5 Å². The number of anilines is 1. The van der Waals surface area contributed by atoms with E-state index in [2.05, 4.69) is 10.3 Å². The predicted molar refractivity (Wildman–Crippen MR) is 166 cm³/mol. The summed E-state index contributed by atoms with van der Waals surface area (Å²) < 4.78 is 0. The maximum Gasteiger partial charge on any atom is 0.333 e. The van der Waals surface area contributed by atoms with E-state index >= 15 is 0 Å². The third-order valence-corrected chi connectivity index (χ3v) is 7.42. The molecular weight excluding hydrogens is 578 g/mol. The number of hydrogen-bond donors (Lipinski definition) is 7. The number of carbonyl (C=O) groups excluding carboxylic acids is 4. The molecule has 2 heterocycles. The van der Waals surface area contributed by atoms with Crippen molar-refractivity contribution >= 4 is 52.0 Å². The number of amides is 3. The average molecular weight is 610 g/mol. The Balaban J connectivity index is 1.32. The quantitative estimate of drug-likeness (QED) is 0.0575. The Morgan fingerprint density at radius 2 is 1.58 bits per heavy atom. The fourth-order valence-electron chi connectivity index (χ4n) is 5.09. The fourth-order valence-corrected chi connectivity index (χ4v) is 5.09. The number of carbonyl (C=O) groups is 4. The van der Waals surface area contributed by atoms with Crippen LogP contribution < -0.4 is 16.8 Å². The van der Waals surface area contributed by atoms with Gasteiger partial charge in [0, 0.05) is 65.4 Å². The van der Waals surface area contributed by atoms with Gasteiger partial charge in [0.05, 0.1) is 5.69 Å². The van der Waals surface area contributed by atoms with Crippen LogP contribution in [-0.2, 0) is 30.4 Å². The lowest BCUT2D eigenvalue weighted by atomic mass is 9.96. The van der Waals surface area contributed by atoms with Gasteiger partial charge in [-0.05, 0) is 41.8 Å². The minimum atomic E-state index is -0.779. The molecule has 0 atom stereocenters. The molecule has 1 fully saturated rings. The van der Waals surface area contributed by atoms with Crippen LogP contribution in [0.15, 0.2) is 60.7 Å². The van der Waals surface area contributed by atoms with E-state index in [0.29, 0.717) is 27.4 Å². The number of hydrogen-bond acceptors (Lipinski definition) is 8. The van der Waals surface area contributed by atoms with Gasteiger partial charge in [0.1, 0.15) is 17.4 Å². The Bertz CT molecular complexity index is 1850. The summed E-state index contributed by atoms with van der Waals surface area (Å²) in [6.07, 6.45) is 0.231. The molecule has 0 spiro atoms. The van der Waals surface area contributed by atoms with E-state index in [1.54, 1.807) is 36.4 Å². The first kappa shape index (κ1) is 30.5. The summed E-state index contributed by atoms with van der Waals surface area (Å²) in [5.74, 6) is -2.39. The number of aromatic hydroxyl groups is 1. The number of phenols is 1. The first-order valence-electron chi connectivity index (χ1n) is 14.1. The number of rotatable bonds is 11. The number of nitrogens with zero attached hydrogens (tertiary/aromatic N) is 1. The number of fused-ring (bicyclic) bond motifs is 1. The summed E-state index contributed by atoms with van der Waals surface area (Å²) in [6.45, 7) is 0. The number of nitrogen functional groups attached to an aromatic ring is 2. The molecule has 4 aromatic rings. The van der Waals surface area contributed by atoms with Gasteiger partial charge < -0.3 is 31.7 Å². The molecule has 3 aromatic carbocycles. The lowest BCUT2D eigenvalue weighted by Gasteiger charge is -2.13. The summed E-state index contributed by atoms with van der Waals surface area (Å²) >= 11 is 0. The molecule has 1 saturated heterocycles. The van der Waals surface area contributed by atoms with E-state index in [1.807, 2.05) is 18.2 Å². The molecule has 9 N–H and O–H groups in total.